The van der Waals surface area contributed by atoms with E-state index >= 15 is 0 Å². The molecule has 16 heavy (non-hydrogen) atoms. The van der Waals surface area contributed by atoms with E-state index in [1.54, 1.807) is 6.08 Å². The molecule has 0 aliphatic heterocycles. The lowest BCUT2D eigenvalue weighted by atomic mass is 9.88. The zero-order chi connectivity index (χ0) is 13.2. The predicted molar refractivity (Wildman–Crippen MR) is 67.8 cm³/mol. The lowest BCUT2D eigenvalue weighted by molar-refractivity contribution is 0.0507. The Balaban J connectivity index is 0. The van der Waals surface area contributed by atoms with Crippen LogP contribution in [0.5, 0.6) is 0 Å². The molecule has 98 valence electrons. The Morgan fingerprint density at radius 2 is 1.69 bits per heavy atom. The monoisotopic (exact) mass is 235 g/mol. The van der Waals surface area contributed by atoms with Crippen molar-refractivity contribution in [1.29, 1.82) is 0 Å². The van der Waals surface area contributed by atoms with Crippen molar-refractivity contribution in [3.63, 3.8) is 0 Å². The highest BCUT2D eigenvalue weighted by Crippen LogP contribution is 2.23. The number of rotatable bonds is 6. The molecule has 0 saturated heterocycles. The van der Waals surface area contributed by atoms with Gasteiger partial charge >= 0.3 is 0 Å². The van der Waals surface area contributed by atoms with Crippen molar-refractivity contribution >= 4 is 0 Å². The first-order chi connectivity index (χ1) is 7.33. The molecule has 0 heterocycles. The van der Waals surface area contributed by atoms with Crippen LogP contribution in [0.4, 0.5) is 8.78 Å². The molecule has 0 spiro atoms. The molecule has 0 aromatic heterocycles. The molecule has 0 aromatic rings. The molecule has 0 fully saturated rings. The van der Waals surface area contributed by atoms with Gasteiger partial charge in [-0.2, -0.15) is 0 Å². The second-order valence-corrected chi connectivity index (χ2v) is 4.42. The van der Waals surface area contributed by atoms with Gasteiger partial charge in [0.25, 0.3) is 5.92 Å². The summed E-state index contributed by atoms with van der Waals surface area (Å²) in [4.78, 5) is 0. The highest BCUT2D eigenvalue weighted by molar-refractivity contribution is 4.94. The average molecular weight is 235 g/mol. The second-order valence-electron chi connectivity index (χ2n) is 4.42. The molecule has 2 N–H and O–H groups in total. The molecule has 0 rings (SSSR count). The molecular weight excluding hydrogens is 208 g/mol. The third-order valence-electron chi connectivity index (χ3n) is 2.37. The van der Waals surface area contributed by atoms with Gasteiger partial charge in [0.2, 0.25) is 0 Å². The van der Waals surface area contributed by atoms with Crippen LogP contribution in [0, 0.1) is 5.41 Å². The molecule has 3 heteroatoms. The first-order valence-corrected chi connectivity index (χ1v) is 6.08. The fourth-order valence-electron chi connectivity index (χ4n) is 0.950. The lowest BCUT2D eigenvalue weighted by Gasteiger charge is -2.21. The lowest BCUT2D eigenvalue weighted by Crippen LogP contribution is -2.23. The highest BCUT2D eigenvalue weighted by atomic mass is 19.3. The molecule has 0 bridgehead atoms. The normalized spacial score (nSPS) is 12.5. The zero-order valence-electron chi connectivity index (χ0n) is 11.3. The molecule has 0 unspecified atom stereocenters. The Labute approximate surface area is 99.1 Å². The second kappa shape index (κ2) is 8.68. The number of halogens is 2. The van der Waals surface area contributed by atoms with Crippen LogP contribution in [0.3, 0.4) is 0 Å². The van der Waals surface area contributed by atoms with Gasteiger partial charge in [0, 0.05) is 6.42 Å². The van der Waals surface area contributed by atoms with Crippen LogP contribution in [0.15, 0.2) is 12.2 Å². The van der Waals surface area contributed by atoms with E-state index in [2.05, 4.69) is 0 Å². The van der Waals surface area contributed by atoms with Gasteiger partial charge in [-0.1, -0.05) is 40.7 Å². The maximum atomic E-state index is 12.7. The van der Waals surface area contributed by atoms with Crippen molar-refractivity contribution in [2.75, 3.05) is 6.54 Å². The minimum absolute atomic E-state index is 0.0475. The van der Waals surface area contributed by atoms with Crippen LogP contribution < -0.4 is 5.73 Å². The van der Waals surface area contributed by atoms with Gasteiger partial charge in [-0.3, -0.25) is 0 Å². The Hall–Kier alpha value is -0.440. The fourth-order valence-corrected chi connectivity index (χ4v) is 0.950. The average Bonchev–Trinajstić information content (AvgIpc) is 2.27. The van der Waals surface area contributed by atoms with Crippen LogP contribution in [0.2, 0.25) is 0 Å². The molecule has 0 aromatic carbocycles. The molecular formula is C13H27F2N. The molecule has 0 amide bonds. The summed E-state index contributed by atoms with van der Waals surface area (Å²) in [7, 11) is 0. The van der Waals surface area contributed by atoms with Gasteiger partial charge in [-0.05, 0) is 30.9 Å². The van der Waals surface area contributed by atoms with Crippen molar-refractivity contribution < 1.29 is 8.78 Å². The quantitative estimate of drug-likeness (QED) is 0.679. The van der Waals surface area contributed by atoms with E-state index in [0.717, 1.165) is 12.5 Å². The number of hydrogen-bond donors (Lipinski definition) is 1. The topological polar surface area (TPSA) is 26.0 Å². The summed E-state index contributed by atoms with van der Waals surface area (Å²) in [5.41, 5.74) is 5.58. The third-order valence-corrected chi connectivity index (χ3v) is 2.37. The van der Waals surface area contributed by atoms with Gasteiger partial charge in [0.05, 0.1) is 0 Å². The Morgan fingerprint density at radius 1 is 1.19 bits per heavy atom. The Bertz CT molecular complexity index is 186. The zero-order valence-corrected chi connectivity index (χ0v) is 11.3. The SMILES string of the molecule is CC.CCC(F)(F)/C=C/CCC(C)(C)CN. The van der Waals surface area contributed by atoms with Gasteiger partial charge in [-0.25, -0.2) is 8.78 Å². The maximum absolute atomic E-state index is 12.7. The van der Waals surface area contributed by atoms with Gasteiger partial charge in [-0.15, -0.1) is 0 Å². The number of alkyl halides is 2. The van der Waals surface area contributed by atoms with E-state index in [1.807, 2.05) is 27.7 Å². The van der Waals surface area contributed by atoms with Crippen LogP contribution in [-0.2, 0) is 0 Å². The largest absolute Gasteiger partial charge is 0.330 e. The van der Waals surface area contributed by atoms with Crippen LogP contribution in [-0.4, -0.2) is 12.5 Å². The first-order valence-electron chi connectivity index (χ1n) is 6.08. The van der Waals surface area contributed by atoms with E-state index in [4.69, 9.17) is 5.73 Å². The highest BCUT2D eigenvalue weighted by Gasteiger charge is 2.21. The van der Waals surface area contributed by atoms with Crippen molar-refractivity contribution in [2.45, 2.75) is 59.8 Å². The summed E-state index contributed by atoms with van der Waals surface area (Å²) in [5.74, 6) is -2.65. The summed E-state index contributed by atoms with van der Waals surface area (Å²) in [6, 6.07) is 0. The third kappa shape index (κ3) is 10.1. The summed E-state index contributed by atoms with van der Waals surface area (Å²) < 4.78 is 25.5. The molecule has 1 nitrogen and oxygen atoms in total. The summed E-state index contributed by atoms with van der Waals surface area (Å²) in [6.45, 7) is 10.1. The number of allylic oxidation sites excluding steroid dienone is 2. The smallest absolute Gasteiger partial charge is 0.266 e. The Kier molecular flexibility index (Phi) is 9.73. The van der Waals surface area contributed by atoms with Crippen LogP contribution in [0.1, 0.15) is 53.9 Å². The molecule has 0 saturated carbocycles. The van der Waals surface area contributed by atoms with E-state index in [-0.39, 0.29) is 11.8 Å². The summed E-state index contributed by atoms with van der Waals surface area (Å²) >= 11 is 0. The summed E-state index contributed by atoms with van der Waals surface area (Å²) in [6.07, 6.45) is 3.93. The predicted octanol–water partition coefficient (Wildman–Crippen LogP) is 4.38. The van der Waals surface area contributed by atoms with Gasteiger partial charge < -0.3 is 5.73 Å². The maximum Gasteiger partial charge on any atom is 0.266 e. The summed E-state index contributed by atoms with van der Waals surface area (Å²) in [5, 5.41) is 0. The van der Waals surface area contributed by atoms with E-state index < -0.39 is 5.92 Å². The number of nitrogens with two attached hydrogens (primary N) is 1. The van der Waals surface area contributed by atoms with Crippen molar-refractivity contribution in [1.82, 2.24) is 0 Å². The van der Waals surface area contributed by atoms with Gasteiger partial charge in [0.1, 0.15) is 0 Å². The minimum Gasteiger partial charge on any atom is -0.330 e. The molecule has 0 atom stereocenters. The van der Waals surface area contributed by atoms with E-state index in [0.29, 0.717) is 13.0 Å². The standard InChI is InChI=1S/C11H21F2N.C2H6/c1-4-11(12,13)8-6-5-7-10(2,3)9-14;1-2/h6,8H,4-5,7,9,14H2,1-3H3;1-2H3/b8-6+;. The van der Waals surface area contributed by atoms with Crippen LogP contribution >= 0.6 is 0 Å². The number of hydrogen-bond acceptors (Lipinski definition) is 1. The van der Waals surface area contributed by atoms with Crippen molar-refractivity contribution in [3.05, 3.63) is 12.2 Å². The van der Waals surface area contributed by atoms with Gasteiger partial charge in [0.15, 0.2) is 0 Å². The van der Waals surface area contributed by atoms with Crippen molar-refractivity contribution in [3.8, 4) is 0 Å². The van der Waals surface area contributed by atoms with Crippen LogP contribution in [0.25, 0.3) is 0 Å². The van der Waals surface area contributed by atoms with Crippen molar-refractivity contribution in [2.24, 2.45) is 11.1 Å². The Morgan fingerprint density at radius 3 is 2.06 bits per heavy atom. The van der Waals surface area contributed by atoms with E-state index in [1.165, 1.54) is 6.92 Å². The fraction of sp³-hybridized carbons (Fsp3) is 0.846. The molecule has 0 radical (unpaired) electrons. The first kappa shape index (κ1) is 17.9. The van der Waals surface area contributed by atoms with E-state index in [9.17, 15) is 8.78 Å². The molecule has 0 aliphatic rings. The minimum atomic E-state index is -2.65. The molecule has 0 aliphatic carbocycles.